The van der Waals surface area contributed by atoms with Crippen molar-refractivity contribution < 1.29 is 5.11 Å². The van der Waals surface area contributed by atoms with E-state index in [0.717, 1.165) is 15.7 Å². The van der Waals surface area contributed by atoms with Crippen LogP contribution in [0.1, 0.15) is 37.0 Å². The van der Waals surface area contributed by atoms with Crippen LogP contribution in [0.3, 0.4) is 0 Å². The van der Waals surface area contributed by atoms with Gasteiger partial charge in [-0.15, -0.1) is 0 Å². The van der Waals surface area contributed by atoms with Crippen LogP contribution in [0.5, 0.6) is 0 Å². The number of rotatable bonds is 5. The first-order chi connectivity index (χ1) is 9.99. The molecule has 2 N–H and O–H groups in total. The van der Waals surface area contributed by atoms with Gasteiger partial charge in [0.15, 0.2) is 0 Å². The quantitative estimate of drug-likeness (QED) is 0.743. The zero-order chi connectivity index (χ0) is 15.4. The maximum atomic E-state index is 10.3. The van der Waals surface area contributed by atoms with Crippen LogP contribution in [0.15, 0.2) is 46.9 Å². The Morgan fingerprint density at radius 2 is 1.71 bits per heavy atom. The third kappa shape index (κ3) is 4.22. The van der Waals surface area contributed by atoms with Crippen molar-refractivity contribution in [2.75, 3.05) is 11.9 Å². The topological polar surface area (TPSA) is 32.3 Å². The van der Waals surface area contributed by atoms with E-state index in [0.29, 0.717) is 17.5 Å². The maximum Gasteiger partial charge on any atom is 0.0962 e. The number of hydrogen-bond donors (Lipinski definition) is 2. The minimum absolute atomic E-state index is 0.431. The average Bonchev–Trinajstić information content (AvgIpc) is 2.48. The third-order valence-corrected chi connectivity index (χ3v) is 4.82. The van der Waals surface area contributed by atoms with E-state index in [1.807, 2.05) is 30.3 Å². The Balaban J connectivity index is 2.01. The molecule has 0 aliphatic carbocycles. The van der Waals surface area contributed by atoms with Gasteiger partial charge in [0.1, 0.15) is 0 Å². The van der Waals surface area contributed by atoms with E-state index in [9.17, 15) is 5.11 Å². The normalized spacial score (nSPS) is 12.5. The van der Waals surface area contributed by atoms with E-state index in [1.165, 1.54) is 5.56 Å². The largest absolute Gasteiger partial charge is 0.387 e. The second-order valence-corrected chi connectivity index (χ2v) is 6.52. The zero-order valence-electron chi connectivity index (χ0n) is 12.1. The molecule has 2 nitrogen and oxygen atoms in total. The summed E-state index contributed by atoms with van der Waals surface area (Å²) in [4.78, 5) is 0. The molecule has 0 fully saturated rings. The molecule has 2 rings (SSSR count). The lowest BCUT2D eigenvalue weighted by Crippen LogP contribution is -2.12. The molecule has 0 saturated heterocycles. The first-order valence-corrected chi connectivity index (χ1v) is 8.12. The molecule has 2 aromatic carbocycles. The molecule has 4 heteroatoms. The van der Waals surface area contributed by atoms with Gasteiger partial charge in [-0.2, -0.15) is 0 Å². The van der Waals surface area contributed by atoms with Gasteiger partial charge < -0.3 is 10.4 Å². The van der Waals surface area contributed by atoms with Crippen LogP contribution in [0.25, 0.3) is 0 Å². The predicted molar refractivity (Wildman–Crippen MR) is 93.1 cm³/mol. The van der Waals surface area contributed by atoms with E-state index in [2.05, 4.69) is 47.2 Å². The van der Waals surface area contributed by atoms with Crippen molar-refractivity contribution in [3.05, 3.63) is 63.1 Å². The van der Waals surface area contributed by atoms with Crippen LogP contribution in [-0.4, -0.2) is 11.7 Å². The van der Waals surface area contributed by atoms with Gasteiger partial charge in [-0.05, 0) is 45.1 Å². The summed E-state index contributed by atoms with van der Waals surface area (Å²) in [6.45, 7) is 4.74. The van der Waals surface area contributed by atoms with Crippen molar-refractivity contribution in [3.63, 3.8) is 0 Å². The average molecular weight is 369 g/mol. The molecule has 0 aliphatic rings. The van der Waals surface area contributed by atoms with E-state index >= 15 is 0 Å². The van der Waals surface area contributed by atoms with Gasteiger partial charge >= 0.3 is 0 Å². The SMILES string of the molecule is CC(C)c1ccc(C(O)CNc2cccc(Cl)c2Br)cc1. The Hall–Kier alpha value is -1.03. The molecule has 112 valence electrons. The molecule has 1 atom stereocenters. The molecule has 1 unspecified atom stereocenters. The summed E-state index contributed by atoms with van der Waals surface area (Å²) in [6, 6.07) is 13.7. The third-order valence-electron chi connectivity index (χ3n) is 3.43. The molecule has 0 radical (unpaired) electrons. The lowest BCUT2D eigenvalue weighted by Gasteiger charge is -2.15. The van der Waals surface area contributed by atoms with E-state index in [-0.39, 0.29) is 0 Å². The van der Waals surface area contributed by atoms with Crippen LogP contribution in [-0.2, 0) is 0 Å². The van der Waals surface area contributed by atoms with Gasteiger partial charge in [0.25, 0.3) is 0 Å². The molecule has 0 aliphatic heterocycles. The van der Waals surface area contributed by atoms with Gasteiger partial charge in [-0.25, -0.2) is 0 Å². The first kappa shape index (κ1) is 16.3. The highest BCUT2D eigenvalue weighted by Crippen LogP contribution is 2.30. The van der Waals surface area contributed by atoms with Crippen molar-refractivity contribution in [2.24, 2.45) is 0 Å². The number of nitrogens with one attached hydrogen (secondary N) is 1. The number of aliphatic hydroxyl groups excluding tert-OH is 1. The number of halogens is 2. The molecule has 21 heavy (non-hydrogen) atoms. The molecule has 0 spiro atoms. The molecule has 0 bridgehead atoms. The molecule has 0 aromatic heterocycles. The van der Waals surface area contributed by atoms with Crippen molar-refractivity contribution in [1.29, 1.82) is 0 Å². The summed E-state index contributed by atoms with van der Waals surface area (Å²) >= 11 is 9.48. The van der Waals surface area contributed by atoms with Crippen LogP contribution in [0.4, 0.5) is 5.69 Å². The molecule has 0 heterocycles. The Morgan fingerprint density at radius 1 is 1.10 bits per heavy atom. The summed E-state index contributed by atoms with van der Waals surface area (Å²) in [5.41, 5.74) is 3.06. The lowest BCUT2D eigenvalue weighted by atomic mass is 10.00. The van der Waals surface area contributed by atoms with Crippen molar-refractivity contribution in [2.45, 2.75) is 25.9 Å². The maximum absolute atomic E-state index is 10.3. The van der Waals surface area contributed by atoms with Crippen molar-refractivity contribution in [3.8, 4) is 0 Å². The fourth-order valence-corrected chi connectivity index (χ4v) is 2.65. The molecular formula is C17H19BrClNO. The zero-order valence-corrected chi connectivity index (χ0v) is 14.4. The smallest absolute Gasteiger partial charge is 0.0962 e. The minimum Gasteiger partial charge on any atom is -0.387 e. The molecule has 0 amide bonds. The van der Waals surface area contributed by atoms with Gasteiger partial charge in [0.05, 0.1) is 21.3 Å². The van der Waals surface area contributed by atoms with E-state index in [1.54, 1.807) is 0 Å². The fraction of sp³-hybridized carbons (Fsp3) is 0.294. The molecule has 0 saturated carbocycles. The van der Waals surface area contributed by atoms with Gasteiger partial charge in [-0.3, -0.25) is 0 Å². The van der Waals surface area contributed by atoms with Crippen molar-refractivity contribution >= 4 is 33.2 Å². The van der Waals surface area contributed by atoms with Crippen LogP contribution in [0.2, 0.25) is 5.02 Å². The molecule has 2 aromatic rings. The lowest BCUT2D eigenvalue weighted by molar-refractivity contribution is 0.191. The standard InChI is InChI=1S/C17H19BrClNO/c1-11(2)12-6-8-13(9-7-12)16(21)10-20-15-5-3-4-14(19)17(15)18/h3-9,11,16,20-21H,10H2,1-2H3. The summed E-state index contributed by atoms with van der Waals surface area (Å²) in [6.07, 6.45) is -0.558. The minimum atomic E-state index is -0.558. The highest BCUT2D eigenvalue weighted by molar-refractivity contribution is 9.10. The number of hydrogen-bond acceptors (Lipinski definition) is 2. The van der Waals surface area contributed by atoms with Crippen molar-refractivity contribution in [1.82, 2.24) is 0 Å². The van der Waals surface area contributed by atoms with Gasteiger partial charge in [-0.1, -0.05) is 55.8 Å². The summed E-state index contributed by atoms with van der Waals surface area (Å²) in [5, 5.41) is 14.1. The fourth-order valence-electron chi connectivity index (χ4n) is 2.07. The highest BCUT2D eigenvalue weighted by atomic mass is 79.9. The predicted octanol–water partition coefficient (Wildman–Crippen LogP) is 5.37. The summed E-state index contributed by atoms with van der Waals surface area (Å²) in [7, 11) is 0. The molecular weight excluding hydrogens is 350 g/mol. The van der Waals surface area contributed by atoms with Crippen LogP contribution >= 0.6 is 27.5 Å². The first-order valence-electron chi connectivity index (χ1n) is 6.95. The van der Waals surface area contributed by atoms with Gasteiger partial charge in [0.2, 0.25) is 0 Å². The van der Waals surface area contributed by atoms with E-state index in [4.69, 9.17) is 11.6 Å². The number of anilines is 1. The van der Waals surface area contributed by atoms with Crippen LogP contribution in [0, 0.1) is 0 Å². The van der Waals surface area contributed by atoms with Gasteiger partial charge in [0, 0.05) is 6.54 Å². The summed E-state index contributed by atoms with van der Waals surface area (Å²) in [5.74, 6) is 0.497. The van der Waals surface area contributed by atoms with E-state index < -0.39 is 6.10 Å². The van der Waals surface area contributed by atoms with Crippen LogP contribution < -0.4 is 5.32 Å². The second-order valence-electron chi connectivity index (χ2n) is 5.32. The number of aliphatic hydroxyl groups is 1. The Bertz CT molecular complexity index is 598. The number of benzene rings is 2. The Morgan fingerprint density at radius 3 is 2.33 bits per heavy atom. The second kappa shape index (κ2) is 7.30. The summed E-state index contributed by atoms with van der Waals surface area (Å²) < 4.78 is 0.814. The Labute approximate surface area is 139 Å². The Kier molecular flexibility index (Phi) is 5.68. The monoisotopic (exact) mass is 367 g/mol. The highest BCUT2D eigenvalue weighted by Gasteiger charge is 2.10.